The molecule has 0 aliphatic rings. The van der Waals surface area contributed by atoms with Crippen molar-refractivity contribution in [1.82, 2.24) is 4.98 Å². The van der Waals surface area contributed by atoms with Gasteiger partial charge in [-0.25, -0.2) is 9.78 Å². The monoisotopic (exact) mass is 313 g/mol. The van der Waals surface area contributed by atoms with Crippen molar-refractivity contribution in [3.05, 3.63) is 23.0 Å². The van der Waals surface area contributed by atoms with Gasteiger partial charge in [0.25, 0.3) is 0 Å². The molecule has 1 heterocycles. The predicted octanol–water partition coefficient (Wildman–Crippen LogP) is 2.13. The van der Waals surface area contributed by atoms with Crippen LogP contribution in [0.4, 0.5) is 5.69 Å². The number of pyridine rings is 1. The molecule has 0 fully saturated rings. The molecular formula is C13H16ClN3O4. The molecule has 7 nitrogen and oxygen atoms in total. The number of hydrogen-bond donors (Lipinski definition) is 2. The van der Waals surface area contributed by atoms with Gasteiger partial charge in [0.05, 0.1) is 17.9 Å². The van der Waals surface area contributed by atoms with Gasteiger partial charge in [0.2, 0.25) is 11.5 Å². The summed E-state index contributed by atoms with van der Waals surface area (Å²) in [5.74, 6) is -1.81. The fourth-order valence-corrected chi connectivity index (χ4v) is 1.71. The van der Waals surface area contributed by atoms with E-state index in [0.717, 1.165) is 0 Å². The second-order valence-corrected chi connectivity index (χ2v) is 4.74. The molecule has 8 heteroatoms. The molecule has 0 atom stereocenters. The summed E-state index contributed by atoms with van der Waals surface area (Å²) in [6, 6.07) is 1.47. The lowest BCUT2D eigenvalue weighted by atomic mass is 10.1. The van der Waals surface area contributed by atoms with Gasteiger partial charge < -0.3 is 15.3 Å². The van der Waals surface area contributed by atoms with E-state index in [-0.39, 0.29) is 23.4 Å². The fraction of sp³-hybridized carbons (Fsp3) is 0.385. The summed E-state index contributed by atoms with van der Waals surface area (Å²) in [6.07, 6.45) is 1.21. The van der Waals surface area contributed by atoms with E-state index in [4.69, 9.17) is 16.8 Å². The maximum absolute atomic E-state index is 12.3. The molecule has 0 unspecified atom stereocenters. The molecule has 114 valence electrons. The Kier molecular flexibility index (Phi) is 6.10. The minimum Gasteiger partial charge on any atom is -0.461 e. The quantitative estimate of drug-likeness (QED) is 0.159. The minimum atomic E-state index is -1.00. The number of ether oxygens (including phenoxy) is 1. The SMILES string of the molecule is CCOC(=O)/C(=N\O)C(=O)c1cnc(Cl)cc1NC(C)C. The summed E-state index contributed by atoms with van der Waals surface area (Å²) in [5.41, 5.74) is -0.262. The first-order chi connectivity index (χ1) is 9.90. The Morgan fingerprint density at radius 2 is 2.19 bits per heavy atom. The van der Waals surface area contributed by atoms with Crippen molar-refractivity contribution in [1.29, 1.82) is 0 Å². The summed E-state index contributed by atoms with van der Waals surface area (Å²) in [5, 5.41) is 14.8. The lowest BCUT2D eigenvalue weighted by Gasteiger charge is -2.14. The van der Waals surface area contributed by atoms with E-state index in [9.17, 15) is 9.59 Å². The molecule has 1 aromatic rings. The van der Waals surface area contributed by atoms with E-state index in [1.165, 1.54) is 12.3 Å². The van der Waals surface area contributed by atoms with Gasteiger partial charge in [-0.3, -0.25) is 4.79 Å². The van der Waals surface area contributed by atoms with Crippen LogP contribution in [0, 0.1) is 0 Å². The average molecular weight is 314 g/mol. The highest BCUT2D eigenvalue weighted by molar-refractivity contribution is 6.67. The molecule has 0 saturated heterocycles. The van der Waals surface area contributed by atoms with Gasteiger partial charge >= 0.3 is 5.97 Å². The van der Waals surface area contributed by atoms with Crippen molar-refractivity contribution in [3.63, 3.8) is 0 Å². The smallest absolute Gasteiger partial charge is 0.364 e. The molecule has 0 radical (unpaired) electrons. The third-order valence-electron chi connectivity index (χ3n) is 2.34. The normalized spacial score (nSPS) is 11.4. The number of aromatic nitrogens is 1. The van der Waals surface area contributed by atoms with E-state index in [1.54, 1.807) is 6.92 Å². The van der Waals surface area contributed by atoms with Crippen molar-refractivity contribution < 1.29 is 19.5 Å². The number of carbonyl (C=O) groups is 2. The van der Waals surface area contributed by atoms with Crippen molar-refractivity contribution in [2.75, 3.05) is 11.9 Å². The summed E-state index contributed by atoms with van der Waals surface area (Å²) < 4.78 is 4.66. The van der Waals surface area contributed by atoms with Crippen LogP contribution >= 0.6 is 11.6 Å². The molecule has 0 bridgehead atoms. The van der Waals surface area contributed by atoms with Crippen LogP contribution in [0.5, 0.6) is 0 Å². The van der Waals surface area contributed by atoms with Crippen LogP contribution < -0.4 is 5.32 Å². The first kappa shape index (κ1) is 16.9. The van der Waals surface area contributed by atoms with Gasteiger partial charge in [0, 0.05) is 12.2 Å². The lowest BCUT2D eigenvalue weighted by Crippen LogP contribution is -2.28. The predicted molar refractivity (Wildman–Crippen MR) is 78.2 cm³/mol. The molecule has 1 aromatic heterocycles. The second kappa shape index (κ2) is 7.58. The molecule has 1 rings (SSSR count). The number of halogens is 1. The highest BCUT2D eigenvalue weighted by Gasteiger charge is 2.26. The van der Waals surface area contributed by atoms with Crippen molar-refractivity contribution >= 4 is 34.8 Å². The molecule has 0 aromatic carbocycles. The van der Waals surface area contributed by atoms with E-state index in [1.807, 2.05) is 13.8 Å². The Labute approximate surface area is 127 Å². The van der Waals surface area contributed by atoms with Crippen LogP contribution in [0.1, 0.15) is 31.1 Å². The number of rotatable bonds is 6. The molecular weight excluding hydrogens is 298 g/mol. The van der Waals surface area contributed by atoms with Crippen molar-refractivity contribution in [2.24, 2.45) is 5.16 Å². The number of hydrogen-bond acceptors (Lipinski definition) is 7. The Balaban J connectivity index is 3.19. The fourth-order valence-electron chi connectivity index (χ4n) is 1.55. The topological polar surface area (TPSA) is 101 Å². The van der Waals surface area contributed by atoms with Crippen LogP contribution in [0.15, 0.2) is 17.4 Å². The molecule has 0 aliphatic carbocycles. The number of oxime groups is 1. The van der Waals surface area contributed by atoms with Gasteiger partial charge in [-0.1, -0.05) is 16.8 Å². The third kappa shape index (κ3) is 4.42. The number of carbonyl (C=O) groups excluding carboxylic acids is 2. The van der Waals surface area contributed by atoms with Gasteiger partial charge in [-0.15, -0.1) is 0 Å². The summed E-state index contributed by atoms with van der Waals surface area (Å²) >= 11 is 5.80. The molecule has 0 amide bonds. The van der Waals surface area contributed by atoms with Crippen LogP contribution in [0.25, 0.3) is 0 Å². The molecule has 0 saturated carbocycles. The zero-order chi connectivity index (χ0) is 16.0. The van der Waals surface area contributed by atoms with Crippen LogP contribution in [-0.2, 0) is 9.53 Å². The lowest BCUT2D eigenvalue weighted by molar-refractivity contribution is -0.135. The zero-order valence-electron chi connectivity index (χ0n) is 11.9. The number of Topliss-reactive ketones (excluding diaryl/α,β-unsaturated/α-hetero) is 1. The van der Waals surface area contributed by atoms with Crippen molar-refractivity contribution in [2.45, 2.75) is 26.8 Å². The third-order valence-corrected chi connectivity index (χ3v) is 2.55. The van der Waals surface area contributed by atoms with Gasteiger partial charge in [-0.2, -0.15) is 0 Å². The largest absolute Gasteiger partial charge is 0.461 e. The number of esters is 1. The first-order valence-electron chi connectivity index (χ1n) is 6.26. The highest BCUT2D eigenvalue weighted by Crippen LogP contribution is 2.21. The first-order valence-corrected chi connectivity index (χ1v) is 6.64. The number of anilines is 1. The number of nitrogens with zero attached hydrogens (tertiary/aromatic N) is 2. The molecule has 2 N–H and O–H groups in total. The standard InChI is InChI=1S/C13H16ClN3O4/c1-4-21-13(19)11(17-20)12(18)8-6-15-10(14)5-9(8)16-7(2)3/h5-7,20H,4H2,1-3H3,(H,15,16)/b17-11-. The van der Waals surface area contributed by atoms with Crippen LogP contribution in [0.2, 0.25) is 5.15 Å². The van der Waals surface area contributed by atoms with Crippen molar-refractivity contribution in [3.8, 4) is 0 Å². The highest BCUT2D eigenvalue weighted by atomic mass is 35.5. The van der Waals surface area contributed by atoms with E-state index in [2.05, 4.69) is 20.2 Å². The second-order valence-electron chi connectivity index (χ2n) is 4.35. The minimum absolute atomic E-state index is 0.0205. The Morgan fingerprint density at radius 1 is 1.52 bits per heavy atom. The molecule has 0 spiro atoms. The Bertz CT molecular complexity index is 573. The Hall–Kier alpha value is -2.15. The van der Waals surface area contributed by atoms with Gasteiger partial charge in [-0.05, 0) is 26.8 Å². The van der Waals surface area contributed by atoms with E-state index >= 15 is 0 Å². The Morgan fingerprint density at radius 3 is 2.71 bits per heavy atom. The van der Waals surface area contributed by atoms with Crippen LogP contribution in [0.3, 0.4) is 0 Å². The molecule has 21 heavy (non-hydrogen) atoms. The van der Waals surface area contributed by atoms with Gasteiger partial charge in [0.1, 0.15) is 5.15 Å². The zero-order valence-corrected chi connectivity index (χ0v) is 12.6. The van der Waals surface area contributed by atoms with Crippen LogP contribution in [-0.4, -0.2) is 40.3 Å². The number of nitrogens with one attached hydrogen (secondary N) is 1. The maximum atomic E-state index is 12.3. The van der Waals surface area contributed by atoms with E-state index in [0.29, 0.717) is 5.69 Å². The maximum Gasteiger partial charge on any atom is 0.364 e. The number of ketones is 1. The summed E-state index contributed by atoms with van der Waals surface area (Å²) in [7, 11) is 0. The van der Waals surface area contributed by atoms with E-state index < -0.39 is 17.5 Å². The summed E-state index contributed by atoms with van der Waals surface area (Å²) in [4.78, 5) is 27.7. The van der Waals surface area contributed by atoms with Gasteiger partial charge in [0.15, 0.2) is 0 Å². The average Bonchev–Trinajstić information content (AvgIpc) is 2.39. The molecule has 0 aliphatic heterocycles. The summed E-state index contributed by atoms with van der Waals surface area (Å²) in [6.45, 7) is 5.37.